The van der Waals surface area contributed by atoms with E-state index in [-0.39, 0.29) is 18.8 Å². The summed E-state index contributed by atoms with van der Waals surface area (Å²) < 4.78 is 19.1. The van der Waals surface area contributed by atoms with E-state index in [0.29, 0.717) is 47.7 Å². The number of benzene rings is 4. The van der Waals surface area contributed by atoms with Crippen molar-refractivity contribution in [3.63, 3.8) is 0 Å². The molecule has 10 heteroatoms. The lowest BCUT2D eigenvalue weighted by Gasteiger charge is -2.25. The van der Waals surface area contributed by atoms with E-state index in [9.17, 15) is 9.59 Å². The predicted octanol–water partition coefficient (Wildman–Crippen LogP) is 6.85. The van der Waals surface area contributed by atoms with Crippen LogP contribution < -0.4 is 24.4 Å². The number of fused-ring (bicyclic) bond motifs is 2. The molecular formula is C35H28Cl2N2O5S. The summed E-state index contributed by atoms with van der Waals surface area (Å²) in [6.07, 6.45) is 1.74. The molecule has 228 valence electrons. The summed E-state index contributed by atoms with van der Waals surface area (Å²) in [5.41, 5.74) is 2.92. The highest BCUT2D eigenvalue weighted by atomic mass is 35.5. The van der Waals surface area contributed by atoms with Gasteiger partial charge in [0.15, 0.2) is 16.3 Å². The molecule has 0 spiro atoms. The van der Waals surface area contributed by atoms with E-state index in [4.69, 9.17) is 42.4 Å². The van der Waals surface area contributed by atoms with E-state index in [1.54, 1.807) is 48.8 Å². The summed E-state index contributed by atoms with van der Waals surface area (Å²) >= 11 is 13.9. The van der Waals surface area contributed by atoms with Gasteiger partial charge in [0.2, 0.25) is 0 Å². The fraction of sp³-hybridized carbons (Fsp3) is 0.171. The molecule has 0 fully saturated rings. The van der Waals surface area contributed by atoms with Crippen LogP contribution in [0.3, 0.4) is 0 Å². The maximum absolute atomic E-state index is 14.2. The Kier molecular flexibility index (Phi) is 8.81. The third-order valence-corrected chi connectivity index (χ3v) is 9.00. The van der Waals surface area contributed by atoms with Crippen molar-refractivity contribution in [3.05, 3.63) is 137 Å². The molecular weight excluding hydrogens is 631 g/mol. The minimum atomic E-state index is -0.727. The Morgan fingerprint density at radius 2 is 1.80 bits per heavy atom. The lowest BCUT2D eigenvalue weighted by molar-refractivity contribution is -0.139. The Morgan fingerprint density at radius 3 is 2.56 bits per heavy atom. The van der Waals surface area contributed by atoms with E-state index in [1.165, 1.54) is 18.4 Å². The Balaban J connectivity index is 1.45. The van der Waals surface area contributed by atoms with Crippen LogP contribution in [0.5, 0.6) is 11.5 Å². The number of halogens is 2. The maximum atomic E-state index is 14.2. The SMILES string of the molecule is CCOC(=O)C1=C(C)N=c2s/c(=C/c3cc(Cl)c(OCc4ccc(Cl)cc4)c(OC)c3)c(=O)n2[C@@H]1c1cccc2ccccc12. The number of hydrogen-bond donors (Lipinski definition) is 0. The van der Waals surface area contributed by atoms with Gasteiger partial charge < -0.3 is 14.2 Å². The molecule has 2 heterocycles. The Morgan fingerprint density at radius 1 is 1.04 bits per heavy atom. The molecule has 0 saturated heterocycles. The maximum Gasteiger partial charge on any atom is 0.338 e. The molecule has 6 rings (SSSR count). The summed E-state index contributed by atoms with van der Waals surface area (Å²) in [6.45, 7) is 3.99. The predicted molar refractivity (Wildman–Crippen MR) is 178 cm³/mol. The van der Waals surface area contributed by atoms with Gasteiger partial charge in [-0.05, 0) is 71.7 Å². The van der Waals surface area contributed by atoms with Crippen LogP contribution in [0.25, 0.3) is 16.8 Å². The second-order valence-corrected chi connectivity index (χ2v) is 12.2. The van der Waals surface area contributed by atoms with Crippen molar-refractivity contribution < 1.29 is 19.0 Å². The monoisotopic (exact) mass is 658 g/mol. The quantitative estimate of drug-likeness (QED) is 0.171. The number of methoxy groups -OCH3 is 1. The third-order valence-electron chi connectivity index (χ3n) is 7.48. The van der Waals surface area contributed by atoms with Gasteiger partial charge in [0.1, 0.15) is 6.61 Å². The second kappa shape index (κ2) is 12.9. The fourth-order valence-electron chi connectivity index (χ4n) is 5.43. The average Bonchev–Trinajstić information content (AvgIpc) is 3.33. The van der Waals surface area contributed by atoms with Crippen LogP contribution in [0.1, 0.15) is 36.6 Å². The lowest BCUT2D eigenvalue weighted by atomic mass is 9.91. The lowest BCUT2D eigenvalue weighted by Crippen LogP contribution is -2.40. The first-order valence-corrected chi connectivity index (χ1v) is 15.8. The summed E-state index contributed by atoms with van der Waals surface area (Å²) in [7, 11) is 1.53. The van der Waals surface area contributed by atoms with Crippen molar-refractivity contribution in [1.82, 2.24) is 4.57 Å². The number of allylic oxidation sites excluding steroid dienone is 1. The molecule has 5 aromatic rings. The standard InChI is InChI=1S/C35H28Cl2N2O5S/c1-4-43-34(41)30-20(2)38-35-39(31(30)26-11-7-9-23-8-5-6-10-25(23)26)33(40)29(45-35)18-22-16-27(37)32(28(17-22)42-3)44-19-21-12-14-24(36)15-13-21/h5-18,31H,4,19H2,1-3H3/b29-18+/t31-/m1/s1. The van der Waals surface area contributed by atoms with Crippen molar-refractivity contribution in [2.45, 2.75) is 26.5 Å². The first kappa shape index (κ1) is 30.6. The van der Waals surface area contributed by atoms with Crippen LogP contribution in [0.4, 0.5) is 0 Å². The number of aromatic nitrogens is 1. The number of hydrogen-bond acceptors (Lipinski definition) is 7. The number of ether oxygens (including phenoxy) is 3. The van der Waals surface area contributed by atoms with Gasteiger partial charge in [-0.15, -0.1) is 0 Å². The van der Waals surface area contributed by atoms with E-state index in [0.717, 1.165) is 21.9 Å². The van der Waals surface area contributed by atoms with Crippen LogP contribution in [-0.4, -0.2) is 24.3 Å². The fourth-order valence-corrected chi connectivity index (χ4v) is 6.87. The van der Waals surface area contributed by atoms with Crippen molar-refractivity contribution in [1.29, 1.82) is 0 Å². The van der Waals surface area contributed by atoms with Gasteiger partial charge in [0.05, 0.1) is 40.6 Å². The number of carbonyl (C=O) groups excluding carboxylic acids is 1. The highest BCUT2D eigenvalue weighted by Gasteiger charge is 2.34. The Labute approximate surface area is 273 Å². The minimum absolute atomic E-state index is 0.199. The molecule has 0 N–H and O–H groups in total. The molecule has 1 aromatic heterocycles. The molecule has 45 heavy (non-hydrogen) atoms. The summed E-state index contributed by atoms with van der Waals surface area (Å²) in [5.74, 6) is 0.305. The average molecular weight is 660 g/mol. The Hall–Kier alpha value is -4.37. The van der Waals surface area contributed by atoms with Crippen LogP contribution >= 0.6 is 34.5 Å². The number of thiazole rings is 1. The van der Waals surface area contributed by atoms with E-state index < -0.39 is 12.0 Å². The molecule has 1 atom stereocenters. The number of rotatable bonds is 8. The van der Waals surface area contributed by atoms with Gasteiger partial charge in [0, 0.05) is 5.02 Å². The summed E-state index contributed by atoms with van der Waals surface area (Å²) in [6, 6.07) is 23.8. The van der Waals surface area contributed by atoms with Crippen LogP contribution in [0.15, 0.2) is 99.9 Å². The molecule has 0 amide bonds. The molecule has 4 aromatic carbocycles. The molecule has 7 nitrogen and oxygen atoms in total. The van der Waals surface area contributed by atoms with Gasteiger partial charge in [-0.1, -0.05) is 89.1 Å². The second-order valence-electron chi connectivity index (χ2n) is 10.3. The van der Waals surface area contributed by atoms with Crippen molar-refractivity contribution in [2.24, 2.45) is 4.99 Å². The molecule has 0 aliphatic carbocycles. The first-order chi connectivity index (χ1) is 21.8. The molecule has 0 bridgehead atoms. The van der Waals surface area contributed by atoms with Gasteiger partial charge in [-0.2, -0.15) is 0 Å². The highest BCUT2D eigenvalue weighted by Crippen LogP contribution is 2.38. The van der Waals surface area contributed by atoms with Gasteiger partial charge in [0.25, 0.3) is 5.56 Å². The molecule has 0 radical (unpaired) electrons. The summed E-state index contributed by atoms with van der Waals surface area (Å²) in [4.78, 5) is 32.7. The van der Waals surface area contributed by atoms with Crippen LogP contribution in [-0.2, 0) is 16.1 Å². The smallest absolute Gasteiger partial charge is 0.338 e. The Bertz CT molecular complexity index is 2150. The normalized spacial score (nSPS) is 14.7. The van der Waals surface area contributed by atoms with Gasteiger partial charge in [-0.25, -0.2) is 9.79 Å². The summed E-state index contributed by atoms with van der Waals surface area (Å²) in [5, 5.41) is 2.90. The topological polar surface area (TPSA) is 79.1 Å². The number of esters is 1. The van der Waals surface area contributed by atoms with Crippen molar-refractivity contribution in [3.8, 4) is 11.5 Å². The molecule has 1 aliphatic rings. The zero-order valence-electron chi connectivity index (χ0n) is 24.7. The highest BCUT2D eigenvalue weighted by molar-refractivity contribution is 7.07. The molecule has 0 saturated carbocycles. The molecule has 1 aliphatic heterocycles. The minimum Gasteiger partial charge on any atom is -0.493 e. The molecule has 0 unspecified atom stereocenters. The zero-order valence-corrected chi connectivity index (χ0v) is 27.0. The van der Waals surface area contributed by atoms with E-state index in [1.807, 2.05) is 54.6 Å². The van der Waals surface area contributed by atoms with E-state index in [2.05, 4.69) is 0 Å². The van der Waals surface area contributed by atoms with Gasteiger partial charge in [-0.3, -0.25) is 9.36 Å². The van der Waals surface area contributed by atoms with Crippen LogP contribution in [0.2, 0.25) is 10.0 Å². The van der Waals surface area contributed by atoms with Crippen LogP contribution in [0, 0.1) is 0 Å². The largest absolute Gasteiger partial charge is 0.493 e. The third kappa shape index (κ3) is 6.01. The van der Waals surface area contributed by atoms with Gasteiger partial charge >= 0.3 is 5.97 Å². The first-order valence-electron chi connectivity index (χ1n) is 14.2. The van der Waals surface area contributed by atoms with Crippen molar-refractivity contribution in [2.75, 3.05) is 13.7 Å². The van der Waals surface area contributed by atoms with E-state index >= 15 is 0 Å². The number of nitrogens with zero attached hydrogens (tertiary/aromatic N) is 2. The van der Waals surface area contributed by atoms with Crippen molar-refractivity contribution >= 4 is 57.4 Å². The zero-order chi connectivity index (χ0) is 31.7. The number of carbonyl (C=O) groups is 1.